The van der Waals surface area contributed by atoms with Crippen molar-refractivity contribution in [3.8, 4) is 11.3 Å². The van der Waals surface area contributed by atoms with Crippen LogP contribution in [0.1, 0.15) is 26.5 Å². The number of carbonyl (C=O) groups excluding carboxylic acids is 1. The number of hydrogen-bond donors (Lipinski definition) is 1. The van der Waals surface area contributed by atoms with Gasteiger partial charge in [0.1, 0.15) is 5.82 Å². The van der Waals surface area contributed by atoms with Crippen molar-refractivity contribution in [1.29, 1.82) is 0 Å². The van der Waals surface area contributed by atoms with Crippen molar-refractivity contribution in [3.05, 3.63) is 82.2 Å². The van der Waals surface area contributed by atoms with Gasteiger partial charge < -0.3 is 5.32 Å². The largest absolute Gasteiger partial charge is 0.416 e. The molecule has 0 atom stereocenters. The highest BCUT2D eigenvalue weighted by Crippen LogP contribution is 2.29. The van der Waals surface area contributed by atoms with Crippen molar-refractivity contribution in [1.82, 2.24) is 14.7 Å². The van der Waals surface area contributed by atoms with Gasteiger partial charge in [-0.15, -0.1) is 0 Å². The van der Waals surface area contributed by atoms with Crippen molar-refractivity contribution in [2.45, 2.75) is 19.6 Å². The Balaban J connectivity index is 1.47. The molecule has 2 aromatic carbocycles. The molecular formula is C21H15F4N3OS. The lowest BCUT2D eigenvalue weighted by atomic mass is 10.1. The van der Waals surface area contributed by atoms with E-state index < -0.39 is 17.6 Å². The summed E-state index contributed by atoms with van der Waals surface area (Å²) in [5.41, 5.74) is 1.75. The van der Waals surface area contributed by atoms with Crippen molar-refractivity contribution in [2.75, 3.05) is 0 Å². The molecule has 0 aliphatic carbocycles. The fourth-order valence-corrected chi connectivity index (χ4v) is 4.03. The molecule has 2 aromatic heterocycles. The summed E-state index contributed by atoms with van der Waals surface area (Å²) in [6.45, 7) is 2.12. The number of carbonyl (C=O) groups is 1. The zero-order chi connectivity index (χ0) is 21.5. The lowest BCUT2D eigenvalue weighted by Crippen LogP contribution is -2.22. The lowest BCUT2D eigenvalue weighted by Gasteiger charge is -2.08. The van der Waals surface area contributed by atoms with Crippen molar-refractivity contribution in [3.63, 3.8) is 0 Å². The van der Waals surface area contributed by atoms with E-state index in [0.717, 1.165) is 45.4 Å². The summed E-state index contributed by atoms with van der Waals surface area (Å²) in [6.07, 6.45) is -2.60. The van der Waals surface area contributed by atoms with Gasteiger partial charge >= 0.3 is 6.18 Å². The number of imidazole rings is 1. The Hall–Kier alpha value is -3.20. The first-order valence-electron chi connectivity index (χ1n) is 8.91. The maximum Gasteiger partial charge on any atom is 0.416 e. The molecule has 154 valence electrons. The molecule has 4 rings (SSSR count). The van der Waals surface area contributed by atoms with Crippen LogP contribution in [0.25, 0.3) is 16.2 Å². The molecule has 0 unspecified atom stereocenters. The summed E-state index contributed by atoms with van der Waals surface area (Å²) in [5.74, 6) is -0.775. The Morgan fingerprint density at radius 1 is 1.10 bits per heavy atom. The van der Waals surface area contributed by atoms with Crippen molar-refractivity contribution in [2.24, 2.45) is 0 Å². The number of fused-ring (bicyclic) bond motifs is 1. The average Bonchev–Trinajstić information content (AvgIpc) is 3.25. The Bertz CT molecular complexity index is 1210. The minimum Gasteiger partial charge on any atom is -0.347 e. The molecule has 0 aliphatic rings. The van der Waals surface area contributed by atoms with E-state index in [0.29, 0.717) is 5.69 Å². The zero-order valence-electron chi connectivity index (χ0n) is 15.6. The van der Waals surface area contributed by atoms with Crippen LogP contribution >= 0.6 is 11.3 Å². The summed E-state index contributed by atoms with van der Waals surface area (Å²) in [6, 6.07) is 10.1. The Labute approximate surface area is 172 Å². The molecule has 0 bridgehead atoms. The van der Waals surface area contributed by atoms with E-state index in [9.17, 15) is 22.4 Å². The van der Waals surface area contributed by atoms with E-state index in [1.807, 2.05) is 17.5 Å². The van der Waals surface area contributed by atoms with Gasteiger partial charge in [0, 0.05) is 27.9 Å². The van der Waals surface area contributed by atoms with Crippen LogP contribution in [0, 0.1) is 12.7 Å². The first-order chi connectivity index (χ1) is 14.2. The third-order valence-electron chi connectivity index (χ3n) is 4.68. The van der Waals surface area contributed by atoms with Gasteiger partial charge in [0.25, 0.3) is 5.91 Å². The topological polar surface area (TPSA) is 46.4 Å². The molecule has 0 fully saturated rings. The van der Waals surface area contributed by atoms with Gasteiger partial charge in [0.05, 0.1) is 17.8 Å². The molecule has 0 saturated carbocycles. The molecule has 0 aliphatic heterocycles. The van der Waals surface area contributed by atoms with Crippen molar-refractivity contribution < 1.29 is 22.4 Å². The maximum absolute atomic E-state index is 13.1. The molecule has 30 heavy (non-hydrogen) atoms. The molecule has 1 N–H and O–H groups in total. The van der Waals surface area contributed by atoms with Gasteiger partial charge in [0.2, 0.25) is 0 Å². The molecule has 1 amide bonds. The van der Waals surface area contributed by atoms with Crippen LogP contribution in [0.15, 0.2) is 54.7 Å². The summed E-state index contributed by atoms with van der Waals surface area (Å²) < 4.78 is 52.9. The van der Waals surface area contributed by atoms with Gasteiger partial charge in [-0.2, -0.15) is 13.2 Å². The lowest BCUT2D eigenvalue weighted by molar-refractivity contribution is -0.137. The first kappa shape index (κ1) is 20.1. The number of rotatable bonds is 4. The number of alkyl halides is 3. The monoisotopic (exact) mass is 433 g/mol. The molecule has 0 spiro atoms. The molecule has 9 heteroatoms. The second-order valence-electron chi connectivity index (χ2n) is 6.65. The number of thiazole rings is 1. The van der Waals surface area contributed by atoms with Crippen molar-refractivity contribution >= 4 is 22.2 Å². The van der Waals surface area contributed by atoms with E-state index in [2.05, 4.69) is 10.3 Å². The fourth-order valence-electron chi connectivity index (χ4n) is 2.99. The number of aryl methyl sites for hydroxylation is 1. The Kier molecular flexibility index (Phi) is 5.07. The van der Waals surface area contributed by atoms with E-state index in [4.69, 9.17) is 0 Å². The standard InChI is InChI=1S/C21H15F4N3OS/c1-12-18(10-26-19(29)14-2-6-15(7-3-14)21(23,24)25)30-20-27-17(11-28(12)20)13-4-8-16(22)9-5-13/h2-9,11H,10H2,1H3,(H,26,29). The third kappa shape index (κ3) is 3.93. The highest BCUT2D eigenvalue weighted by molar-refractivity contribution is 7.17. The van der Waals surface area contributed by atoms with Gasteiger partial charge in [-0.1, -0.05) is 11.3 Å². The van der Waals surface area contributed by atoms with Crippen LogP contribution in [0.2, 0.25) is 0 Å². The smallest absolute Gasteiger partial charge is 0.347 e. The minimum absolute atomic E-state index is 0.153. The highest BCUT2D eigenvalue weighted by atomic mass is 32.1. The normalized spacial score (nSPS) is 11.8. The number of halogens is 4. The molecule has 4 nitrogen and oxygen atoms in total. The predicted octanol–water partition coefficient (Wildman–Crippen LogP) is 5.46. The van der Waals surface area contributed by atoms with Gasteiger partial charge in [-0.25, -0.2) is 9.37 Å². The van der Waals surface area contributed by atoms with Gasteiger partial charge in [-0.05, 0) is 55.5 Å². The minimum atomic E-state index is -4.44. The number of hydrogen-bond acceptors (Lipinski definition) is 3. The molecule has 0 radical (unpaired) electrons. The SMILES string of the molecule is Cc1c(CNC(=O)c2ccc(C(F)(F)F)cc2)sc2nc(-c3ccc(F)cc3)cn12. The van der Waals surface area contributed by atoms with Crippen LogP contribution in [0.5, 0.6) is 0 Å². The Morgan fingerprint density at radius 3 is 2.37 bits per heavy atom. The van der Waals surface area contributed by atoms with Crippen LogP contribution < -0.4 is 5.32 Å². The Morgan fingerprint density at radius 2 is 1.77 bits per heavy atom. The van der Waals surface area contributed by atoms with E-state index in [1.165, 1.54) is 23.5 Å². The number of benzene rings is 2. The van der Waals surface area contributed by atoms with E-state index in [1.54, 1.807) is 12.1 Å². The van der Waals surface area contributed by atoms with Crippen LogP contribution in [0.3, 0.4) is 0 Å². The predicted molar refractivity (Wildman–Crippen MR) is 106 cm³/mol. The second-order valence-corrected chi connectivity index (χ2v) is 7.72. The fraction of sp³-hybridized carbons (Fsp3) is 0.143. The van der Waals surface area contributed by atoms with Crippen LogP contribution in [0.4, 0.5) is 17.6 Å². The van der Waals surface area contributed by atoms with Crippen LogP contribution in [-0.4, -0.2) is 15.3 Å². The van der Waals surface area contributed by atoms with Gasteiger partial charge in [-0.3, -0.25) is 9.20 Å². The highest BCUT2D eigenvalue weighted by Gasteiger charge is 2.30. The number of aromatic nitrogens is 2. The third-order valence-corrected chi connectivity index (χ3v) is 5.83. The molecule has 2 heterocycles. The summed E-state index contributed by atoms with van der Waals surface area (Å²) in [7, 11) is 0. The average molecular weight is 433 g/mol. The second kappa shape index (κ2) is 7.56. The first-order valence-corrected chi connectivity index (χ1v) is 9.73. The maximum atomic E-state index is 13.1. The number of amides is 1. The molecule has 0 saturated heterocycles. The molecule has 4 aromatic rings. The van der Waals surface area contributed by atoms with E-state index in [-0.39, 0.29) is 17.9 Å². The molecular weight excluding hydrogens is 418 g/mol. The number of nitrogens with zero attached hydrogens (tertiary/aromatic N) is 2. The summed E-state index contributed by atoms with van der Waals surface area (Å²) in [5, 5.41) is 2.73. The number of nitrogens with one attached hydrogen (secondary N) is 1. The summed E-state index contributed by atoms with van der Waals surface area (Å²) in [4.78, 5) is 18.4. The van der Waals surface area contributed by atoms with Crippen LogP contribution in [-0.2, 0) is 12.7 Å². The quantitative estimate of drug-likeness (QED) is 0.435. The van der Waals surface area contributed by atoms with Gasteiger partial charge in [0.15, 0.2) is 4.96 Å². The van der Waals surface area contributed by atoms with E-state index >= 15 is 0 Å². The summed E-state index contributed by atoms with van der Waals surface area (Å²) >= 11 is 1.40. The zero-order valence-corrected chi connectivity index (χ0v) is 16.4.